The fourth-order valence-electron chi connectivity index (χ4n) is 2.84. The topological polar surface area (TPSA) is 21.3 Å². The molecule has 0 spiro atoms. The van der Waals surface area contributed by atoms with Gasteiger partial charge >= 0.3 is 0 Å². The van der Waals surface area contributed by atoms with Crippen LogP contribution >= 0.6 is 0 Å². The predicted octanol–water partition coefficient (Wildman–Crippen LogP) is 7.00. The molecule has 0 aliphatic rings. The molecule has 0 rings (SSSR count). The Morgan fingerprint density at radius 2 is 1.17 bits per heavy atom. The van der Waals surface area contributed by atoms with Gasteiger partial charge in [0.15, 0.2) is 0 Å². The summed E-state index contributed by atoms with van der Waals surface area (Å²) in [6.07, 6.45) is 25.1. The van der Waals surface area contributed by atoms with E-state index >= 15 is 0 Å². The lowest BCUT2D eigenvalue weighted by Crippen LogP contribution is -2.18. The quantitative estimate of drug-likeness (QED) is 0.146. The average molecular weight is 340 g/mol. The monoisotopic (exact) mass is 339 g/mol. The van der Waals surface area contributed by atoms with Crippen LogP contribution < -0.4 is 5.32 Å². The number of allylic oxidation sites excluding steroid dienone is 2. The highest BCUT2D eigenvalue weighted by atomic mass is 16.5. The minimum Gasteiger partial charge on any atom is -0.366 e. The van der Waals surface area contributed by atoms with Gasteiger partial charge in [-0.3, -0.25) is 5.32 Å². The fourth-order valence-corrected chi connectivity index (χ4v) is 2.84. The Balaban J connectivity index is 3.04. The molecule has 0 fully saturated rings. The summed E-state index contributed by atoms with van der Waals surface area (Å²) in [5, 5.41) is 3.26. The molecule has 0 radical (unpaired) electrons. The van der Waals surface area contributed by atoms with Crippen LogP contribution in [0.5, 0.6) is 0 Å². The number of nitrogens with one attached hydrogen (secondary N) is 1. The van der Waals surface area contributed by atoms with Gasteiger partial charge in [0.25, 0.3) is 0 Å². The molecule has 0 aromatic heterocycles. The van der Waals surface area contributed by atoms with Gasteiger partial charge in [0.05, 0.1) is 6.73 Å². The second kappa shape index (κ2) is 22.7. The van der Waals surface area contributed by atoms with Crippen LogP contribution in [0.1, 0.15) is 110 Å². The van der Waals surface area contributed by atoms with E-state index < -0.39 is 0 Å². The van der Waals surface area contributed by atoms with Gasteiger partial charge in [0.2, 0.25) is 0 Å². The van der Waals surface area contributed by atoms with E-state index in [9.17, 15) is 0 Å². The van der Waals surface area contributed by atoms with Crippen LogP contribution in [0.4, 0.5) is 0 Å². The molecule has 0 saturated heterocycles. The highest BCUT2D eigenvalue weighted by molar-refractivity contribution is 4.81. The molecule has 2 heteroatoms. The van der Waals surface area contributed by atoms with Crippen molar-refractivity contribution in [2.45, 2.75) is 110 Å². The third-order valence-corrected chi connectivity index (χ3v) is 4.43. The first-order valence-electron chi connectivity index (χ1n) is 10.8. The number of rotatable bonds is 20. The highest BCUT2D eigenvalue weighted by Crippen LogP contribution is 2.11. The number of hydrogen-bond acceptors (Lipinski definition) is 2. The molecule has 0 aromatic carbocycles. The average Bonchev–Trinajstić information content (AvgIpc) is 2.60. The molecule has 1 N–H and O–H groups in total. The molecule has 2 nitrogen and oxygen atoms in total. The maximum atomic E-state index is 5.53. The molecule has 0 aliphatic heterocycles. The van der Waals surface area contributed by atoms with Gasteiger partial charge in [-0.1, -0.05) is 83.8 Å². The Bertz CT molecular complexity index is 216. The summed E-state index contributed by atoms with van der Waals surface area (Å²) in [6.45, 7) is 7.14. The van der Waals surface area contributed by atoms with Gasteiger partial charge in [-0.05, 0) is 45.1 Å². The van der Waals surface area contributed by atoms with E-state index in [1.807, 2.05) is 0 Å². The van der Waals surface area contributed by atoms with Crippen LogP contribution in [0, 0.1) is 0 Å². The Morgan fingerprint density at radius 1 is 0.625 bits per heavy atom. The summed E-state index contributed by atoms with van der Waals surface area (Å²) in [5.74, 6) is 0. The van der Waals surface area contributed by atoms with Crippen LogP contribution in [0.25, 0.3) is 0 Å². The normalized spacial score (nSPS) is 11.6. The van der Waals surface area contributed by atoms with E-state index in [-0.39, 0.29) is 0 Å². The van der Waals surface area contributed by atoms with E-state index in [0.717, 1.165) is 13.2 Å². The standard InChI is InChI=1S/C22H45NO/c1-3-5-6-7-8-9-10-11-12-13-14-15-16-17-18-19-21-24-22-23-20-4-2/h14-15,23H,3-13,16-22H2,1-2H3/b15-14-. The predicted molar refractivity (Wildman–Crippen MR) is 109 cm³/mol. The van der Waals surface area contributed by atoms with Gasteiger partial charge in [-0.25, -0.2) is 0 Å². The van der Waals surface area contributed by atoms with Gasteiger partial charge in [0, 0.05) is 6.61 Å². The first-order chi connectivity index (χ1) is 11.9. The lowest BCUT2D eigenvalue weighted by Gasteiger charge is -2.04. The summed E-state index contributed by atoms with van der Waals surface area (Å²) in [6, 6.07) is 0. The Kier molecular flexibility index (Phi) is 22.3. The van der Waals surface area contributed by atoms with Crippen molar-refractivity contribution < 1.29 is 4.74 Å². The minimum atomic E-state index is 0.715. The number of ether oxygens (including phenoxy) is 1. The third kappa shape index (κ3) is 21.7. The van der Waals surface area contributed by atoms with Crippen LogP contribution in [0.15, 0.2) is 12.2 Å². The zero-order valence-corrected chi connectivity index (χ0v) is 16.8. The first-order valence-corrected chi connectivity index (χ1v) is 10.8. The number of unbranched alkanes of at least 4 members (excludes halogenated alkanes) is 12. The molecule has 0 unspecified atom stereocenters. The van der Waals surface area contributed by atoms with Gasteiger partial charge in [-0.2, -0.15) is 0 Å². The van der Waals surface area contributed by atoms with Crippen molar-refractivity contribution in [1.82, 2.24) is 5.32 Å². The largest absolute Gasteiger partial charge is 0.366 e. The third-order valence-electron chi connectivity index (χ3n) is 4.43. The van der Waals surface area contributed by atoms with E-state index in [4.69, 9.17) is 4.74 Å². The summed E-state index contributed by atoms with van der Waals surface area (Å²) in [4.78, 5) is 0. The molecule has 0 bridgehead atoms. The highest BCUT2D eigenvalue weighted by Gasteiger charge is 1.92. The molecule has 0 aliphatic carbocycles. The fraction of sp³-hybridized carbons (Fsp3) is 0.909. The zero-order valence-electron chi connectivity index (χ0n) is 16.8. The maximum absolute atomic E-state index is 5.53. The first kappa shape index (κ1) is 23.7. The second-order valence-electron chi connectivity index (χ2n) is 6.99. The van der Waals surface area contributed by atoms with Crippen molar-refractivity contribution in [3.63, 3.8) is 0 Å². The maximum Gasteiger partial charge on any atom is 0.0965 e. The lowest BCUT2D eigenvalue weighted by atomic mass is 10.1. The molecule has 0 amide bonds. The van der Waals surface area contributed by atoms with E-state index in [2.05, 4.69) is 31.3 Å². The van der Waals surface area contributed by atoms with Crippen LogP contribution in [-0.2, 0) is 4.74 Å². The van der Waals surface area contributed by atoms with E-state index in [0.29, 0.717) is 6.73 Å². The zero-order chi connectivity index (χ0) is 17.6. The summed E-state index contributed by atoms with van der Waals surface area (Å²) in [5.41, 5.74) is 0. The van der Waals surface area contributed by atoms with Crippen molar-refractivity contribution in [2.75, 3.05) is 19.9 Å². The van der Waals surface area contributed by atoms with Gasteiger partial charge in [-0.15, -0.1) is 0 Å². The van der Waals surface area contributed by atoms with Crippen molar-refractivity contribution in [1.29, 1.82) is 0 Å². The van der Waals surface area contributed by atoms with E-state index in [1.54, 1.807) is 0 Å². The molecular weight excluding hydrogens is 294 g/mol. The van der Waals surface area contributed by atoms with Crippen LogP contribution in [-0.4, -0.2) is 19.9 Å². The van der Waals surface area contributed by atoms with E-state index in [1.165, 1.54) is 96.3 Å². The molecular formula is C22H45NO. The Labute approximate surface area is 152 Å². The molecule has 24 heavy (non-hydrogen) atoms. The molecule has 0 atom stereocenters. The molecule has 0 aromatic rings. The lowest BCUT2D eigenvalue weighted by molar-refractivity contribution is 0.113. The van der Waals surface area contributed by atoms with Gasteiger partial charge in [0.1, 0.15) is 0 Å². The summed E-state index contributed by atoms with van der Waals surface area (Å²) >= 11 is 0. The van der Waals surface area contributed by atoms with Crippen molar-refractivity contribution >= 4 is 0 Å². The van der Waals surface area contributed by atoms with Crippen LogP contribution in [0.2, 0.25) is 0 Å². The molecule has 0 heterocycles. The van der Waals surface area contributed by atoms with Crippen molar-refractivity contribution in [2.24, 2.45) is 0 Å². The van der Waals surface area contributed by atoms with Crippen molar-refractivity contribution in [3.8, 4) is 0 Å². The summed E-state index contributed by atoms with van der Waals surface area (Å²) in [7, 11) is 0. The van der Waals surface area contributed by atoms with Crippen molar-refractivity contribution in [3.05, 3.63) is 12.2 Å². The second-order valence-corrected chi connectivity index (χ2v) is 6.99. The number of hydrogen-bond donors (Lipinski definition) is 1. The SMILES string of the molecule is CCCCCCCCCCC/C=C\CCCCCOCNCCC. The minimum absolute atomic E-state index is 0.715. The Hall–Kier alpha value is -0.340. The summed E-state index contributed by atoms with van der Waals surface area (Å²) < 4.78 is 5.53. The smallest absolute Gasteiger partial charge is 0.0965 e. The Morgan fingerprint density at radius 3 is 1.75 bits per heavy atom. The van der Waals surface area contributed by atoms with Crippen LogP contribution in [0.3, 0.4) is 0 Å². The molecule has 144 valence electrons. The van der Waals surface area contributed by atoms with Gasteiger partial charge < -0.3 is 4.74 Å². The molecule has 0 saturated carbocycles.